The summed E-state index contributed by atoms with van der Waals surface area (Å²) in [6.45, 7) is 7.37. The van der Waals surface area contributed by atoms with Crippen LogP contribution in [0.5, 0.6) is 5.75 Å². The van der Waals surface area contributed by atoms with Crippen LogP contribution >= 0.6 is 15.9 Å². The predicted molar refractivity (Wildman–Crippen MR) is 90.2 cm³/mol. The van der Waals surface area contributed by atoms with Crippen LogP contribution in [0.2, 0.25) is 0 Å². The highest BCUT2D eigenvalue weighted by atomic mass is 79.9. The largest absolute Gasteiger partial charge is 0.493 e. The van der Waals surface area contributed by atoms with Gasteiger partial charge in [0.05, 0.1) is 19.8 Å². The van der Waals surface area contributed by atoms with Gasteiger partial charge in [-0.15, -0.1) is 0 Å². The predicted octanol–water partition coefficient (Wildman–Crippen LogP) is 3.41. The van der Waals surface area contributed by atoms with E-state index in [4.69, 9.17) is 9.47 Å². The van der Waals surface area contributed by atoms with Crippen molar-refractivity contribution < 1.29 is 14.3 Å². The van der Waals surface area contributed by atoms with Crippen molar-refractivity contribution in [3.8, 4) is 5.75 Å². The van der Waals surface area contributed by atoms with Crippen molar-refractivity contribution >= 4 is 21.9 Å². The molecule has 1 saturated heterocycles. The average Bonchev–Trinajstić information content (AvgIpc) is 2.50. The molecule has 0 aliphatic carbocycles. The first-order chi connectivity index (χ1) is 10.6. The highest BCUT2D eigenvalue weighted by Gasteiger charge is 2.21. The van der Waals surface area contributed by atoms with E-state index in [9.17, 15) is 4.79 Å². The molecule has 0 amide bonds. The van der Waals surface area contributed by atoms with Crippen molar-refractivity contribution in [1.29, 1.82) is 0 Å². The van der Waals surface area contributed by atoms with Crippen molar-refractivity contribution in [2.45, 2.75) is 26.7 Å². The van der Waals surface area contributed by atoms with Crippen LogP contribution in [0.15, 0.2) is 22.7 Å². The van der Waals surface area contributed by atoms with Crippen molar-refractivity contribution in [1.82, 2.24) is 4.90 Å². The van der Waals surface area contributed by atoms with Gasteiger partial charge in [-0.2, -0.15) is 0 Å². The number of carbonyl (C=O) groups is 1. The molecule has 0 bridgehead atoms. The Morgan fingerprint density at radius 2 is 2.09 bits per heavy atom. The van der Waals surface area contributed by atoms with Crippen molar-refractivity contribution in [3.63, 3.8) is 0 Å². The molecular weight excluding hydrogens is 346 g/mol. The Bertz CT molecular complexity index is 499. The van der Waals surface area contributed by atoms with Gasteiger partial charge >= 0.3 is 5.97 Å². The summed E-state index contributed by atoms with van der Waals surface area (Å²) < 4.78 is 12.0. The van der Waals surface area contributed by atoms with Gasteiger partial charge in [-0.05, 0) is 57.8 Å². The number of carbonyl (C=O) groups excluding carboxylic acids is 1. The smallest absolute Gasteiger partial charge is 0.320 e. The monoisotopic (exact) mass is 369 g/mol. The van der Waals surface area contributed by atoms with Crippen molar-refractivity contribution in [2.24, 2.45) is 5.92 Å². The van der Waals surface area contributed by atoms with Crippen LogP contribution in [0.1, 0.15) is 25.3 Å². The molecule has 1 aromatic rings. The van der Waals surface area contributed by atoms with E-state index < -0.39 is 0 Å². The summed E-state index contributed by atoms with van der Waals surface area (Å²) in [5, 5.41) is 0. The lowest BCUT2D eigenvalue weighted by molar-refractivity contribution is -0.144. The fraction of sp³-hybridized carbons (Fsp3) is 0.588. The Hall–Kier alpha value is -1.07. The molecule has 1 aromatic carbocycles. The number of likely N-dealkylation sites (tertiary alicyclic amines) is 1. The summed E-state index contributed by atoms with van der Waals surface area (Å²) in [7, 11) is 0. The molecule has 4 nitrogen and oxygen atoms in total. The quantitative estimate of drug-likeness (QED) is 0.720. The van der Waals surface area contributed by atoms with Gasteiger partial charge in [-0.1, -0.05) is 22.0 Å². The molecule has 1 aliphatic rings. The molecule has 0 aromatic heterocycles. The second kappa shape index (κ2) is 8.53. The zero-order chi connectivity index (χ0) is 15.9. The first kappa shape index (κ1) is 17.3. The minimum Gasteiger partial charge on any atom is -0.493 e. The third-order valence-corrected chi connectivity index (χ3v) is 4.92. The van der Waals surface area contributed by atoms with E-state index in [1.165, 1.54) is 0 Å². The molecule has 0 unspecified atom stereocenters. The number of rotatable bonds is 6. The molecular formula is C17H24BrNO3. The van der Waals surface area contributed by atoms with Gasteiger partial charge in [0.1, 0.15) is 5.75 Å². The van der Waals surface area contributed by atoms with E-state index in [-0.39, 0.29) is 5.97 Å². The molecule has 0 atom stereocenters. The average molecular weight is 370 g/mol. The van der Waals surface area contributed by atoms with Gasteiger partial charge in [-0.25, -0.2) is 0 Å². The number of halogens is 1. The molecule has 0 N–H and O–H groups in total. The van der Waals surface area contributed by atoms with Crippen molar-refractivity contribution in [2.75, 3.05) is 32.8 Å². The molecule has 122 valence electrons. The normalized spacial score (nSPS) is 16.5. The van der Waals surface area contributed by atoms with Crippen LogP contribution in [0.4, 0.5) is 0 Å². The Morgan fingerprint density at radius 3 is 2.77 bits per heavy atom. The second-order valence-corrected chi connectivity index (χ2v) is 6.55. The molecule has 0 saturated carbocycles. The van der Waals surface area contributed by atoms with Gasteiger partial charge in [0.2, 0.25) is 0 Å². The topological polar surface area (TPSA) is 38.8 Å². The molecule has 1 heterocycles. The van der Waals surface area contributed by atoms with Crippen LogP contribution < -0.4 is 4.74 Å². The molecule has 0 radical (unpaired) electrons. The number of benzene rings is 1. The summed E-state index contributed by atoms with van der Waals surface area (Å²) in [4.78, 5) is 13.6. The second-order valence-electron chi connectivity index (χ2n) is 5.70. The number of piperidine rings is 1. The molecule has 1 fully saturated rings. The number of hydrogen-bond donors (Lipinski definition) is 0. The minimum absolute atomic E-state index is 0.123. The Balaban J connectivity index is 1.73. The fourth-order valence-electron chi connectivity index (χ4n) is 2.65. The highest BCUT2D eigenvalue weighted by molar-refractivity contribution is 9.10. The number of ether oxygens (including phenoxy) is 2. The van der Waals surface area contributed by atoms with Crippen LogP contribution in [-0.4, -0.2) is 43.7 Å². The van der Waals surface area contributed by atoms with E-state index in [0.29, 0.717) is 19.1 Å². The van der Waals surface area contributed by atoms with E-state index >= 15 is 0 Å². The fourth-order valence-corrected chi connectivity index (χ4v) is 3.00. The van der Waals surface area contributed by atoms with Gasteiger partial charge in [0.15, 0.2) is 0 Å². The minimum atomic E-state index is -0.123. The SMILES string of the molecule is CCOC(=O)CN1CCC(COc2cccc(Br)c2C)CC1. The summed E-state index contributed by atoms with van der Waals surface area (Å²) in [5.41, 5.74) is 1.14. The van der Waals surface area contributed by atoms with E-state index in [2.05, 4.69) is 27.8 Å². The van der Waals surface area contributed by atoms with Crippen molar-refractivity contribution in [3.05, 3.63) is 28.2 Å². The van der Waals surface area contributed by atoms with E-state index in [0.717, 1.165) is 48.3 Å². The number of esters is 1. The first-order valence-corrected chi connectivity index (χ1v) is 8.65. The summed E-state index contributed by atoms with van der Waals surface area (Å²) in [6, 6.07) is 6.03. The maximum Gasteiger partial charge on any atom is 0.320 e. The summed E-state index contributed by atoms with van der Waals surface area (Å²) in [6.07, 6.45) is 2.12. The molecule has 1 aliphatic heterocycles. The zero-order valence-corrected chi connectivity index (χ0v) is 14.9. The van der Waals surface area contributed by atoms with Crippen LogP contribution in [0, 0.1) is 12.8 Å². The lowest BCUT2D eigenvalue weighted by atomic mass is 9.98. The van der Waals surface area contributed by atoms with E-state index in [1.807, 2.05) is 25.1 Å². The molecule has 5 heteroatoms. The van der Waals surface area contributed by atoms with Crippen LogP contribution in [0.3, 0.4) is 0 Å². The third-order valence-electron chi connectivity index (χ3n) is 4.06. The van der Waals surface area contributed by atoms with Gasteiger partial charge in [0.25, 0.3) is 0 Å². The highest BCUT2D eigenvalue weighted by Crippen LogP contribution is 2.27. The lowest BCUT2D eigenvalue weighted by Crippen LogP contribution is -2.39. The lowest BCUT2D eigenvalue weighted by Gasteiger charge is -2.31. The molecule has 2 rings (SSSR count). The molecule has 0 spiro atoms. The zero-order valence-electron chi connectivity index (χ0n) is 13.3. The number of hydrogen-bond acceptors (Lipinski definition) is 4. The summed E-state index contributed by atoms with van der Waals surface area (Å²) in [5.74, 6) is 1.38. The van der Waals surface area contributed by atoms with E-state index in [1.54, 1.807) is 0 Å². The first-order valence-electron chi connectivity index (χ1n) is 7.86. The summed E-state index contributed by atoms with van der Waals surface area (Å²) >= 11 is 3.53. The number of nitrogens with zero attached hydrogens (tertiary/aromatic N) is 1. The Labute approximate surface area is 140 Å². The maximum absolute atomic E-state index is 11.5. The Morgan fingerprint density at radius 1 is 1.36 bits per heavy atom. The standard InChI is InChI=1S/C17H24BrNO3/c1-3-21-17(20)11-19-9-7-14(8-10-19)12-22-16-6-4-5-15(18)13(16)2/h4-6,14H,3,7-12H2,1-2H3. The third kappa shape index (κ3) is 4.99. The Kier molecular flexibility index (Phi) is 6.70. The van der Waals surface area contributed by atoms with Crippen LogP contribution in [0.25, 0.3) is 0 Å². The van der Waals surface area contributed by atoms with Crippen LogP contribution in [-0.2, 0) is 9.53 Å². The molecule has 22 heavy (non-hydrogen) atoms. The van der Waals surface area contributed by atoms with Gasteiger partial charge in [-0.3, -0.25) is 9.69 Å². The van der Waals surface area contributed by atoms with Gasteiger partial charge in [0, 0.05) is 10.0 Å². The van der Waals surface area contributed by atoms with Gasteiger partial charge < -0.3 is 9.47 Å². The maximum atomic E-state index is 11.5.